The van der Waals surface area contributed by atoms with Crippen LogP contribution < -0.4 is 10.2 Å². The van der Waals surface area contributed by atoms with Crippen LogP contribution >= 0.6 is 0 Å². The molecule has 0 aliphatic carbocycles. The lowest BCUT2D eigenvalue weighted by Gasteiger charge is -2.40. The molecule has 26 heavy (non-hydrogen) atoms. The maximum absolute atomic E-state index is 12.7. The number of hydrogen-bond acceptors (Lipinski definition) is 3. The predicted molar refractivity (Wildman–Crippen MR) is 102 cm³/mol. The van der Waals surface area contributed by atoms with Crippen LogP contribution in [0.2, 0.25) is 0 Å². The number of aliphatic carboxylic acids is 1. The number of carbonyl (C=O) groups is 2. The summed E-state index contributed by atoms with van der Waals surface area (Å²) in [5.41, 5.74) is 3.07. The third kappa shape index (κ3) is 4.04. The Kier molecular flexibility index (Phi) is 5.56. The van der Waals surface area contributed by atoms with Crippen molar-refractivity contribution in [1.29, 1.82) is 0 Å². The molecular formula is C21H24N2O3. The van der Waals surface area contributed by atoms with Crippen LogP contribution in [0, 0.1) is 0 Å². The molecule has 2 aromatic rings. The van der Waals surface area contributed by atoms with Crippen LogP contribution in [0.5, 0.6) is 0 Å². The van der Waals surface area contributed by atoms with E-state index in [-0.39, 0.29) is 30.8 Å². The summed E-state index contributed by atoms with van der Waals surface area (Å²) in [7, 11) is 0. The predicted octanol–water partition coefficient (Wildman–Crippen LogP) is 4.22. The molecule has 0 saturated carbocycles. The number of carbonyl (C=O) groups excluding carboxylic acids is 1. The molecule has 136 valence electrons. The lowest BCUT2D eigenvalue weighted by molar-refractivity contribution is -0.137. The molecule has 5 heteroatoms. The van der Waals surface area contributed by atoms with Gasteiger partial charge in [-0.15, -0.1) is 0 Å². The van der Waals surface area contributed by atoms with Crippen LogP contribution in [0.25, 0.3) is 0 Å². The van der Waals surface area contributed by atoms with Crippen LogP contribution in [0.1, 0.15) is 44.2 Å². The Morgan fingerprint density at radius 1 is 1.08 bits per heavy atom. The summed E-state index contributed by atoms with van der Waals surface area (Å²) in [6, 6.07) is 18.2. The van der Waals surface area contributed by atoms with Gasteiger partial charge in [0.15, 0.2) is 0 Å². The minimum Gasteiger partial charge on any atom is -0.481 e. The first-order valence-corrected chi connectivity index (χ1v) is 9.00. The van der Waals surface area contributed by atoms with Crippen molar-refractivity contribution >= 4 is 23.3 Å². The van der Waals surface area contributed by atoms with Gasteiger partial charge in [0.2, 0.25) is 5.91 Å². The van der Waals surface area contributed by atoms with Crippen molar-refractivity contribution < 1.29 is 14.7 Å². The van der Waals surface area contributed by atoms with Crippen molar-refractivity contribution in [2.24, 2.45) is 0 Å². The zero-order chi connectivity index (χ0) is 18.5. The third-order valence-corrected chi connectivity index (χ3v) is 4.75. The molecule has 1 amide bonds. The third-order valence-electron chi connectivity index (χ3n) is 4.75. The molecule has 2 N–H and O–H groups in total. The highest BCUT2D eigenvalue weighted by Crippen LogP contribution is 2.39. The van der Waals surface area contributed by atoms with Gasteiger partial charge in [-0.25, -0.2) is 0 Å². The normalized spacial score (nSPS) is 18.9. The molecule has 2 aromatic carbocycles. The lowest BCUT2D eigenvalue weighted by atomic mass is 9.91. The molecule has 0 fully saturated rings. The molecule has 0 spiro atoms. The topological polar surface area (TPSA) is 69.6 Å². The number of carboxylic acid groups (broad SMARTS) is 1. The quantitative estimate of drug-likeness (QED) is 0.817. The molecule has 1 aliphatic rings. The first-order chi connectivity index (χ1) is 12.6. The van der Waals surface area contributed by atoms with E-state index in [0.717, 1.165) is 23.4 Å². The standard InChI is InChI=1S/C21H24N2O3/c1-15-14-18(22-16-8-3-2-4-9-16)17-10-5-6-11-19(17)23(15)20(24)12-7-13-21(25)26/h2-6,8-11,15,18,22H,7,12-14H2,1H3,(H,25,26)/t15-,18+/m0/s1. The molecule has 0 unspecified atom stereocenters. The molecule has 1 heterocycles. The average molecular weight is 352 g/mol. The number of hydrogen-bond donors (Lipinski definition) is 2. The second kappa shape index (κ2) is 8.04. The number of para-hydroxylation sites is 2. The Morgan fingerprint density at radius 2 is 1.77 bits per heavy atom. The fourth-order valence-corrected chi connectivity index (χ4v) is 3.58. The zero-order valence-electron chi connectivity index (χ0n) is 14.9. The summed E-state index contributed by atoms with van der Waals surface area (Å²) < 4.78 is 0. The largest absolute Gasteiger partial charge is 0.481 e. The Hall–Kier alpha value is -2.82. The second-order valence-corrected chi connectivity index (χ2v) is 6.72. The first kappa shape index (κ1) is 18.0. The van der Waals surface area contributed by atoms with Crippen molar-refractivity contribution in [1.82, 2.24) is 0 Å². The van der Waals surface area contributed by atoms with E-state index in [1.54, 1.807) is 0 Å². The fraction of sp³-hybridized carbons (Fsp3) is 0.333. The van der Waals surface area contributed by atoms with Gasteiger partial charge in [-0.1, -0.05) is 36.4 Å². The molecule has 2 atom stereocenters. The molecule has 3 rings (SSSR count). The second-order valence-electron chi connectivity index (χ2n) is 6.72. The Labute approximate surface area is 153 Å². The summed E-state index contributed by atoms with van der Waals surface area (Å²) in [5.74, 6) is -0.874. The van der Waals surface area contributed by atoms with Crippen LogP contribution in [-0.2, 0) is 9.59 Å². The number of nitrogens with one attached hydrogen (secondary N) is 1. The van der Waals surface area contributed by atoms with Gasteiger partial charge in [-0.2, -0.15) is 0 Å². The van der Waals surface area contributed by atoms with Crippen molar-refractivity contribution in [2.75, 3.05) is 10.2 Å². The summed E-state index contributed by atoms with van der Waals surface area (Å²) in [5, 5.41) is 12.4. The van der Waals surface area contributed by atoms with Crippen molar-refractivity contribution in [2.45, 2.75) is 44.7 Å². The van der Waals surface area contributed by atoms with E-state index in [0.29, 0.717) is 6.42 Å². The van der Waals surface area contributed by atoms with Gasteiger partial charge < -0.3 is 15.3 Å². The van der Waals surface area contributed by atoms with Crippen molar-refractivity contribution in [3.63, 3.8) is 0 Å². The van der Waals surface area contributed by atoms with Gasteiger partial charge in [0.25, 0.3) is 0 Å². The summed E-state index contributed by atoms with van der Waals surface area (Å²) in [6.45, 7) is 2.05. The van der Waals surface area contributed by atoms with Crippen LogP contribution in [-0.4, -0.2) is 23.0 Å². The molecule has 0 saturated heterocycles. The number of carboxylic acids is 1. The van der Waals surface area contributed by atoms with Crippen LogP contribution in [0.4, 0.5) is 11.4 Å². The van der Waals surface area contributed by atoms with Crippen LogP contribution in [0.3, 0.4) is 0 Å². The molecule has 1 aliphatic heterocycles. The van der Waals surface area contributed by atoms with E-state index in [2.05, 4.69) is 11.4 Å². The Balaban J connectivity index is 1.81. The van der Waals surface area contributed by atoms with E-state index in [1.807, 2.05) is 60.4 Å². The highest BCUT2D eigenvalue weighted by molar-refractivity contribution is 5.95. The maximum atomic E-state index is 12.7. The zero-order valence-corrected chi connectivity index (χ0v) is 14.9. The minimum atomic E-state index is -0.864. The smallest absolute Gasteiger partial charge is 0.303 e. The van der Waals surface area contributed by atoms with Gasteiger partial charge in [0, 0.05) is 30.3 Å². The number of rotatable bonds is 6. The van der Waals surface area contributed by atoms with E-state index >= 15 is 0 Å². The van der Waals surface area contributed by atoms with E-state index in [1.165, 1.54) is 0 Å². The Bertz CT molecular complexity index is 776. The lowest BCUT2D eigenvalue weighted by Crippen LogP contribution is -2.44. The summed E-state index contributed by atoms with van der Waals surface area (Å²) >= 11 is 0. The fourth-order valence-electron chi connectivity index (χ4n) is 3.58. The number of fused-ring (bicyclic) bond motifs is 1. The van der Waals surface area contributed by atoms with Gasteiger partial charge in [0.1, 0.15) is 0 Å². The van der Waals surface area contributed by atoms with Gasteiger partial charge in [-0.05, 0) is 43.5 Å². The summed E-state index contributed by atoms with van der Waals surface area (Å²) in [6.07, 6.45) is 1.44. The number of benzene rings is 2. The minimum absolute atomic E-state index is 0.00985. The number of anilines is 2. The van der Waals surface area contributed by atoms with Gasteiger partial charge in [0.05, 0.1) is 6.04 Å². The molecule has 0 radical (unpaired) electrons. The molecule has 5 nitrogen and oxygen atoms in total. The molecular weight excluding hydrogens is 328 g/mol. The van der Waals surface area contributed by atoms with Crippen molar-refractivity contribution in [3.8, 4) is 0 Å². The van der Waals surface area contributed by atoms with Crippen LogP contribution in [0.15, 0.2) is 54.6 Å². The number of nitrogens with zero attached hydrogens (tertiary/aromatic N) is 1. The SMILES string of the molecule is C[C@H]1C[C@@H](Nc2ccccc2)c2ccccc2N1C(=O)CCCC(=O)O. The molecule has 0 aromatic heterocycles. The number of amides is 1. The van der Waals surface area contributed by atoms with E-state index in [9.17, 15) is 9.59 Å². The summed E-state index contributed by atoms with van der Waals surface area (Å²) in [4.78, 5) is 25.3. The van der Waals surface area contributed by atoms with E-state index in [4.69, 9.17) is 5.11 Å². The monoisotopic (exact) mass is 352 g/mol. The first-order valence-electron chi connectivity index (χ1n) is 9.00. The van der Waals surface area contributed by atoms with E-state index < -0.39 is 5.97 Å². The van der Waals surface area contributed by atoms with Gasteiger partial charge >= 0.3 is 5.97 Å². The van der Waals surface area contributed by atoms with Gasteiger partial charge in [-0.3, -0.25) is 9.59 Å². The highest BCUT2D eigenvalue weighted by atomic mass is 16.4. The van der Waals surface area contributed by atoms with Crippen molar-refractivity contribution in [3.05, 3.63) is 60.2 Å². The molecule has 0 bridgehead atoms. The average Bonchev–Trinajstić information content (AvgIpc) is 2.62. The maximum Gasteiger partial charge on any atom is 0.303 e. The highest BCUT2D eigenvalue weighted by Gasteiger charge is 2.33. The Morgan fingerprint density at radius 3 is 2.50 bits per heavy atom.